The zero-order valence-electron chi connectivity index (χ0n) is 16.6. The van der Waals surface area contributed by atoms with Crippen LogP contribution in [0.5, 0.6) is 0 Å². The Bertz CT molecular complexity index is 868. The molecule has 29 heavy (non-hydrogen) atoms. The highest BCUT2D eigenvalue weighted by atomic mass is 16.6. The molecule has 1 amide bonds. The van der Waals surface area contributed by atoms with Crippen molar-refractivity contribution in [3.05, 3.63) is 59.7 Å². The lowest BCUT2D eigenvalue weighted by molar-refractivity contribution is -0.138. The van der Waals surface area contributed by atoms with Crippen molar-refractivity contribution in [3.63, 3.8) is 0 Å². The number of hydrogen-bond donors (Lipinski definition) is 1. The Morgan fingerprint density at radius 1 is 1.10 bits per heavy atom. The molecular formula is C23H26N2O4. The molecule has 1 atom stereocenters. The number of carboxylic acids is 1. The molecule has 1 unspecified atom stereocenters. The van der Waals surface area contributed by atoms with Crippen LogP contribution in [0.4, 0.5) is 4.79 Å². The van der Waals surface area contributed by atoms with E-state index in [1.165, 1.54) is 16.0 Å². The van der Waals surface area contributed by atoms with Crippen molar-refractivity contribution < 1.29 is 19.4 Å². The Balaban J connectivity index is 1.47. The maximum Gasteiger partial charge on any atom is 0.410 e. The first-order valence-electron chi connectivity index (χ1n) is 10.0. The quantitative estimate of drug-likeness (QED) is 0.814. The molecule has 1 aliphatic heterocycles. The van der Waals surface area contributed by atoms with Gasteiger partial charge < -0.3 is 14.7 Å². The topological polar surface area (TPSA) is 70.1 Å². The van der Waals surface area contributed by atoms with E-state index in [0.29, 0.717) is 6.54 Å². The van der Waals surface area contributed by atoms with Gasteiger partial charge in [0, 0.05) is 19.0 Å². The first-order valence-corrected chi connectivity index (χ1v) is 10.0. The summed E-state index contributed by atoms with van der Waals surface area (Å²) in [4.78, 5) is 27.6. The molecule has 0 bridgehead atoms. The van der Waals surface area contributed by atoms with Crippen molar-refractivity contribution >= 4 is 12.1 Å². The second-order valence-corrected chi connectivity index (χ2v) is 8.00. The Morgan fingerprint density at radius 2 is 1.72 bits per heavy atom. The van der Waals surface area contributed by atoms with E-state index in [1.807, 2.05) is 31.3 Å². The van der Waals surface area contributed by atoms with Crippen LogP contribution in [0.25, 0.3) is 11.1 Å². The summed E-state index contributed by atoms with van der Waals surface area (Å²) in [5, 5.41) is 9.24. The first kappa shape index (κ1) is 19.5. The predicted molar refractivity (Wildman–Crippen MR) is 110 cm³/mol. The lowest BCUT2D eigenvalue weighted by Crippen LogP contribution is -2.40. The van der Waals surface area contributed by atoms with E-state index in [1.54, 1.807) is 0 Å². The fourth-order valence-corrected chi connectivity index (χ4v) is 4.54. The van der Waals surface area contributed by atoms with E-state index in [9.17, 15) is 14.7 Å². The molecule has 0 aromatic heterocycles. The number of amides is 1. The zero-order chi connectivity index (χ0) is 20.4. The second-order valence-electron chi connectivity index (χ2n) is 8.00. The highest BCUT2D eigenvalue weighted by molar-refractivity contribution is 5.79. The van der Waals surface area contributed by atoms with Crippen LogP contribution in [-0.4, -0.2) is 66.8 Å². The SMILES string of the molecule is CN1CCC(CN(CC(=O)O)C(=O)OCC2c3ccccc3-c3ccccc32)C1. The Morgan fingerprint density at radius 3 is 2.28 bits per heavy atom. The molecule has 0 spiro atoms. The number of fused-ring (bicyclic) bond motifs is 3. The summed E-state index contributed by atoms with van der Waals surface area (Å²) < 4.78 is 5.65. The number of hydrogen-bond acceptors (Lipinski definition) is 4. The average Bonchev–Trinajstić information content (AvgIpc) is 3.26. The maximum absolute atomic E-state index is 12.8. The minimum absolute atomic E-state index is 0.0318. The summed E-state index contributed by atoms with van der Waals surface area (Å²) in [6.45, 7) is 2.11. The molecular weight excluding hydrogens is 368 g/mol. The van der Waals surface area contributed by atoms with E-state index in [0.717, 1.165) is 30.6 Å². The summed E-state index contributed by atoms with van der Waals surface area (Å²) in [5.74, 6) is -0.777. The maximum atomic E-state index is 12.8. The molecule has 6 nitrogen and oxygen atoms in total. The Hall–Kier alpha value is -2.86. The smallest absolute Gasteiger partial charge is 0.410 e. The summed E-state index contributed by atoms with van der Waals surface area (Å²) in [6, 6.07) is 16.3. The van der Waals surface area contributed by atoms with Crippen molar-refractivity contribution in [3.8, 4) is 11.1 Å². The van der Waals surface area contributed by atoms with Crippen LogP contribution in [0.1, 0.15) is 23.5 Å². The standard InChI is InChI=1S/C23H26N2O4/c1-24-11-10-16(12-24)13-25(14-22(26)27)23(28)29-15-21-19-8-4-2-6-17(19)18-7-3-5-9-20(18)21/h2-9,16,21H,10-15H2,1H3,(H,26,27). The van der Waals surface area contributed by atoms with Gasteiger partial charge in [0.25, 0.3) is 0 Å². The van der Waals surface area contributed by atoms with Crippen LogP contribution < -0.4 is 0 Å². The molecule has 4 rings (SSSR count). The zero-order valence-corrected chi connectivity index (χ0v) is 16.6. The molecule has 1 N–H and O–H groups in total. The molecule has 2 aromatic rings. The predicted octanol–water partition coefficient (Wildman–Crippen LogP) is 3.27. The van der Waals surface area contributed by atoms with Gasteiger partial charge in [-0.25, -0.2) is 4.79 Å². The van der Waals surface area contributed by atoms with Crippen LogP contribution in [0.2, 0.25) is 0 Å². The summed E-state index contributed by atoms with van der Waals surface area (Å²) in [7, 11) is 2.04. The molecule has 1 fully saturated rings. The first-order chi connectivity index (χ1) is 14.0. The number of carboxylic acid groups (broad SMARTS) is 1. The highest BCUT2D eigenvalue weighted by Crippen LogP contribution is 2.44. The lowest BCUT2D eigenvalue weighted by atomic mass is 9.98. The van der Waals surface area contributed by atoms with Gasteiger partial charge in [-0.15, -0.1) is 0 Å². The van der Waals surface area contributed by atoms with Crippen molar-refractivity contribution in [2.24, 2.45) is 5.92 Å². The van der Waals surface area contributed by atoms with Gasteiger partial charge in [0.2, 0.25) is 0 Å². The van der Waals surface area contributed by atoms with Crippen LogP contribution in [-0.2, 0) is 9.53 Å². The van der Waals surface area contributed by atoms with E-state index in [-0.39, 0.29) is 25.0 Å². The minimum Gasteiger partial charge on any atom is -0.480 e. The summed E-state index contributed by atoms with van der Waals surface area (Å²) >= 11 is 0. The number of aliphatic carboxylic acids is 1. The van der Waals surface area contributed by atoms with Crippen LogP contribution >= 0.6 is 0 Å². The number of ether oxygens (including phenoxy) is 1. The Labute approximate surface area is 170 Å². The summed E-state index contributed by atoms with van der Waals surface area (Å²) in [6.07, 6.45) is 0.410. The largest absolute Gasteiger partial charge is 0.480 e. The number of rotatable bonds is 6. The number of carbonyl (C=O) groups excluding carboxylic acids is 1. The van der Waals surface area contributed by atoms with Crippen molar-refractivity contribution in [1.82, 2.24) is 9.80 Å². The van der Waals surface area contributed by atoms with E-state index in [2.05, 4.69) is 29.2 Å². The fourth-order valence-electron chi connectivity index (χ4n) is 4.54. The van der Waals surface area contributed by atoms with Crippen LogP contribution in [0, 0.1) is 5.92 Å². The molecule has 1 heterocycles. The van der Waals surface area contributed by atoms with Crippen molar-refractivity contribution in [1.29, 1.82) is 0 Å². The van der Waals surface area contributed by atoms with Crippen LogP contribution in [0.15, 0.2) is 48.5 Å². The van der Waals surface area contributed by atoms with Gasteiger partial charge in [-0.3, -0.25) is 9.69 Å². The van der Waals surface area contributed by atoms with Gasteiger partial charge in [0.05, 0.1) is 0 Å². The second kappa shape index (κ2) is 8.25. The molecule has 2 aromatic carbocycles. The summed E-state index contributed by atoms with van der Waals surface area (Å²) in [5.41, 5.74) is 4.62. The fraction of sp³-hybridized carbons (Fsp3) is 0.391. The molecule has 0 radical (unpaired) electrons. The molecule has 1 aliphatic carbocycles. The van der Waals surface area contributed by atoms with Gasteiger partial charge in [-0.1, -0.05) is 48.5 Å². The van der Waals surface area contributed by atoms with E-state index >= 15 is 0 Å². The molecule has 152 valence electrons. The van der Waals surface area contributed by atoms with Gasteiger partial charge in [0.15, 0.2) is 0 Å². The highest BCUT2D eigenvalue weighted by Gasteiger charge is 2.31. The minimum atomic E-state index is -1.02. The number of benzene rings is 2. The van der Waals surface area contributed by atoms with Gasteiger partial charge in [0.1, 0.15) is 13.2 Å². The third-order valence-electron chi connectivity index (χ3n) is 5.89. The monoisotopic (exact) mass is 394 g/mol. The van der Waals surface area contributed by atoms with E-state index in [4.69, 9.17) is 4.74 Å². The lowest BCUT2D eigenvalue weighted by Gasteiger charge is -2.24. The number of likely N-dealkylation sites (tertiary alicyclic amines) is 1. The van der Waals surface area contributed by atoms with Gasteiger partial charge >= 0.3 is 12.1 Å². The third kappa shape index (κ3) is 4.12. The normalized spacial score (nSPS) is 18.3. The molecule has 0 saturated carbocycles. The average molecular weight is 394 g/mol. The Kier molecular flexibility index (Phi) is 5.53. The van der Waals surface area contributed by atoms with E-state index < -0.39 is 12.1 Å². The third-order valence-corrected chi connectivity index (χ3v) is 5.89. The van der Waals surface area contributed by atoms with Crippen molar-refractivity contribution in [2.45, 2.75) is 12.3 Å². The van der Waals surface area contributed by atoms with Crippen molar-refractivity contribution in [2.75, 3.05) is 39.8 Å². The number of nitrogens with zero attached hydrogens (tertiary/aromatic N) is 2. The molecule has 1 saturated heterocycles. The van der Waals surface area contributed by atoms with Gasteiger partial charge in [-0.2, -0.15) is 0 Å². The van der Waals surface area contributed by atoms with Crippen LogP contribution in [0.3, 0.4) is 0 Å². The molecule has 2 aliphatic rings. The molecule has 6 heteroatoms. The van der Waals surface area contributed by atoms with Gasteiger partial charge in [-0.05, 0) is 48.2 Å². The number of carbonyl (C=O) groups is 2.